The molecule has 1 amide bonds. The Bertz CT molecular complexity index is 708. The highest BCUT2D eigenvalue weighted by atomic mass is 79.9. The highest BCUT2D eigenvalue weighted by Gasteiger charge is 2.11. The quantitative estimate of drug-likeness (QED) is 0.914. The first kappa shape index (κ1) is 15.1. The van der Waals surface area contributed by atoms with Gasteiger partial charge < -0.3 is 10.1 Å². The van der Waals surface area contributed by atoms with Gasteiger partial charge in [-0.3, -0.25) is 4.79 Å². The van der Waals surface area contributed by atoms with E-state index in [0.29, 0.717) is 17.0 Å². The molecule has 5 heteroatoms. The minimum atomic E-state index is -0.189. The zero-order valence-electron chi connectivity index (χ0n) is 11.4. The lowest BCUT2D eigenvalue weighted by Gasteiger charge is -2.10. The number of rotatable bonds is 4. The average molecular weight is 345 g/mol. The van der Waals surface area contributed by atoms with Crippen LogP contribution < -0.4 is 10.1 Å². The molecular weight excluding hydrogens is 332 g/mol. The number of amides is 1. The second kappa shape index (κ2) is 6.91. The summed E-state index contributed by atoms with van der Waals surface area (Å²) >= 11 is 3.41. The van der Waals surface area contributed by atoms with Gasteiger partial charge in [0.1, 0.15) is 11.8 Å². The number of benzene rings is 2. The van der Waals surface area contributed by atoms with Gasteiger partial charge >= 0.3 is 0 Å². The van der Waals surface area contributed by atoms with Crippen molar-refractivity contribution >= 4 is 27.5 Å². The van der Waals surface area contributed by atoms with Gasteiger partial charge in [0.05, 0.1) is 0 Å². The molecule has 0 aliphatic rings. The third-order valence-electron chi connectivity index (χ3n) is 2.91. The molecule has 0 aliphatic heterocycles. The molecule has 106 valence electrons. The first-order chi connectivity index (χ1) is 10.1. The van der Waals surface area contributed by atoms with Gasteiger partial charge in [0.2, 0.25) is 0 Å². The third kappa shape index (κ3) is 3.83. The molecule has 2 aromatic carbocycles. The second-order valence-corrected chi connectivity index (χ2v) is 5.20. The predicted octanol–water partition coefficient (Wildman–Crippen LogP) is 3.91. The fourth-order valence-corrected chi connectivity index (χ4v) is 2.20. The van der Waals surface area contributed by atoms with E-state index in [4.69, 9.17) is 10.00 Å². The Balaban J connectivity index is 2.16. The molecule has 1 N–H and O–H groups in total. The number of nitrogens with zero attached hydrogens (tertiary/aromatic N) is 1. The molecule has 0 radical (unpaired) electrons. The van der Waals surface area contributed by atoms with Crippen LogP contribution in [0.5, 0.6) is 5.75 Å². The van der Waals surface area contributed by atoms with Crippen LogP contribution in [0.3, 0.4) is 0 Å². The molecule has 0 spiro atoms. The molecule has 0 heterocycles. The average Bonchev–Trinajstić information content (AvgIpc) is 2.48. The summed E-state index contributed by atoms with van der Waals surface area (Å²) in [7, 11) is 0. The van der Waals surface area contributed by atoms with Gasteiger partial charge in [0, 0.05) is 21.8 Å². The topological polar surface area (TPSA) is 62.1 Å². The summed E-state index contributed by atoms with van der Waals surface area (Å²) < 4.78 is 6.10. The first-order valence-corrected chi connectivity index (χ1v) is 7.07. The summed E-state index contributed by atoms with van der Waals surface area (Å²) in [4.78, 5) is 12.3. The molecule has 0 saturated heterocycles. The van der Waals surface area contributed by atoms with E-state index >= 15 is 0 Å². The van der Waals surface area contributed by atoms with Gasteiger partial charge in [0.25, 0.3) is 5.91 Å². The van der Waals surface area contributed by atoms with Crippen molar-refractivity contribution < 1.29 is 9.53 Å². The van der Waals surface area contributed by atoms with Gasteiger partial charge in [-0.05, 0) is 36.8 Å². The summed E-state index contributed by atoms with van der Waals surface area (Å²) in [5.74, 6) is 0.353. The summed E-state index contributed by atoms with van der Waals surface area (Å²) in [5.41, 5.74) is 2.11. The van der Waals surface area contributed by atoms with E-state index in [0.717, 1.165) is 10.0 Å². The Hall–Kier alpha value is -2.32. The van der Waals surface area contributed by atoms with Gasteiger partial charge in [0.15, 0.2) is 6.61 Å². The smallest absolute Gasteiger partial charge is 0.255 e. The standard InChI is InChI=1S/C16H13BrN2O2/c1-11-14(6-3-7-15(11)17)16(20)19-12-4-2-5-13(10-12)21-9-8-18/h2-7,10H,9H2,1H3,(H,19,20). The van der Waals surface area contributed by atoms with Crippen LogP contribution >= 0.6 is 15.9 Å². The number of hydrogen-bond donors (Lipinski definition) is 1. The normalized spacial score (nSPS) is 9.76. The Morgan fingerprint density at radius 3 is 2.86 bits per heavy atom. The molecule has 0 aromatic heterocycles. The summed E-state index contributed by atoms with van der Waals surface area (Å²) in [6.07, 6.45) is 0. The Labute approximate surface area is 131 Å². The maximum absolute atomic E-state index is 12.3. The largest absolute Gasteiger partial charge is 0.479 e. The predicted molar refractivity (Wildman–Crippen MR) is 84.4 cm³/mol. The van der Waals surface area contributed by atoms with Crippen LogP contribution in [0.2, 0.25) is 0 Å². The van der Waals surface area contributed by atoms with Crippen molar-refractivity contribution in [2.45, 2.75) is 6.92 Å². The lowest BCUT2D eigenvalue weighted by Crippen LogP contribution is -2.13. The number of hydrogen-bond acceptors (Lipinski definition) is 3. The SMILES string of the molecule is Cc1c(Br)cccc1C(=O)Nc1cccc(OCC#N)c1. The van der Waals surface area contributed by atoms with Crippen LogP contribution in [0, 0.1) is 18.3 Å². The minimum Gasteiger partial charge on any atom is -0.479 e. The van der Waals surface area contributed by atoms with E-state index < -0.39 is 0 Å². The van der Waals surface area contributed by atoms with Crippen molar-refractivity contribution in [1.82, 2.24) is 0 Å². The highest BCUT2D eigenvalue weighted by molar-refractivity contribution is 9.10. The fraction of sp³-hybridized carbons (Fsp3) is 0.125. The second-order valence-electron chi connectivity index (χ2n) is 4.34. The molecule has 2 rings (SSSR count). The van der Waals surface area contributed by atoms with Crippen molar-refractivity contribution in [1.29, 1.82) is 5.26 Å². The van der Waals surface area contributed by atoms with Crippen LogP contribution in [-0.2, 0) is 0 Å². The lowest BCUT2D eigenvalue weighted by atomic mass is 10.1. The van der Waals surface area contributed by atoms with Gasteiger partial charge in [-0.15, -0.1) is 0 Å². The Morgan fingerprint density at radius 2 is 2.10 bits per heavy atom. The van der Waals surface area contributed by atoms with Gasteiger partial charge in [-0.25, -0.2) is 0 Å². The van der Waals surface area contributed by atoms with Crippen LogP contribution in [-0.4, -0.2) is 12.5 Å². The van der Waals surface area contributed by atoms with E-state index in [1.165, 1.54) is 0 Å². The summed E-state index contributed by atoms with van der Waals surface area (Å²) in [6.45, 7) is 1.85. The maximum atomic E-state index is 12.3. The molecule has 0 fully saturated rings. The fourth-order valence-electron chi connectivity index (χ4n) is 1.83. The molecule has 0 bridgehead atoms. The first-order valence-electron chi connectivity index (χ1n) is 6.28. The van der Waals surface area contributed by atoms with Gasteiger partial charge in [-0.2, -0.15) is 5.26 Å². The molecule has 0 aliphatic carbocycles. The van der Waals surface area contributed by atoms with Crippen LogP contribution in [0.25, 0.3) is 0 Å². The highest BCUT2D eigenvalue weighted by Crippen LogP contribution is 2.22. The van der Waals surface area contributed by atoms with Crippen molar-refractivity contribution in [3.8, 4) is 11.8 Å². The maximum Gasteiger partial charge on any atom is 0.255 e. The van der Waals surface area contributed by atoms with Crippen LogP contribution in [0.1, 0.15) is 15.9 Å². The third-order valence-corrected chi connectivity index (χ3v) is 3.77. The molecule has 0 unspecified atom stereocenters. The van der Waals surface area contributed by atoms with Crippen molar-refractivity contribution in [2.24, 2.45) is 0 Å². The van der Waals surface area contributed by atoms with Gasteiger partial charge in [-0.1, -0.05) is 28.1 Å². The number of ether oxygens (including phenoxy) is 1. The van der Waals surface area contributed by atoms with Crippen molar-refractivity contribution in [3.63, 3.8) is 0 Å². The number of halogens is 1. The molecular formula is C16H13BrN2O2. The van der Waals surface area contributed by atoms with E-state index in [1.807, 2.05) is 25.1 Å². The van der Waals surface area contributed by atoms with E-state index in [1.54, 1.807) is 30.3 Å². The monoisotopic (exact) mass is 344 g/mol. The van der Waals surface area contributed by atoms with Crippen molar-refractivity contribution in [2.75, 3.05) is 11.9 Å². The lowest BCUT2D eigenvalue weighted by molar-refractivity contribution is 0.102. The zero-order chi connectivity index (χ0) is 15.2. The number of carbonyl (C=O) groups is 1. The minimum absolute atomic E-state index is 0.0257. The van der Waals surface area contributed by atoms with Crippen LogP contribution in [0.4, 0.5) is 5.69 Å². The van der Waals surface area contributed by atoms with E-state index in [-0.39, 0.29) is 12.5 Å². The van der Waals surface area contributed by atoms with Crippen LogP contribution in [0.15, 0.2) is 46.9 Å². The molecule has 0 atom stereocenters. The van der Waals surface area contributed by atoms with E-state index in [2.05, 4.69) is 21.2 Å². The number of carbonyl (C=O) groups excluding carboxylic acids is 1. The van der Waals surface area contributed by atoms with Crippen molar-refractivity contribution in [3.05, 3.63) is 58.1 Å². The summed E-state index contributed by atoms with van der Waals surface area (Å²) in [5, 5.41) is 11.3. The van der Waals surface area contributed by atoms with E-state index in [9.17, 15) is 4.79 Å². The Morgan fingerprint density at radius 1 is 1.33 bits per heavy atom. The molecule has 0 saturated carbocycles. The molecule has 4 nitrogen and oxygen atoms in total. The summed E-state index contributed by atoms with van der Waals surface area (Å²) in [6, 6.07) is 14.3. The molecule has 2 aromatic rings. The number of nitrogens with one attached hydrogen (secondary N) is 1. The molecule has 21 heavy (non-hydrogen) atoms. The zero-order valence-corrected chi connectivity index (χ0v) is 13.0. The Kier molecular flexibility index (Phi) is 4.96. The number of anilines is 1. The number of nitriles is 1.